The molecule has 1 aromatic carbocycles. The Morgan fingerprint density at radius 2 is 1.70 bits per heavy atom. The van der Waals surface area contributed by atoms with E-state index in [9.17, 15) is 0 Å². The molecule has 2 nitrogen and oxygen atoms in total. The average Bonchev–Trinajstić information content (AvgIpc) is 2.97. The van der Waals surface area contributed by atoms with E-state index in [4.69, 9.17) is 0 Å². The number of rotatable bonds is 8. The summed E-state index contributed by atoms with van der Waals surface area (Å²) in [6.45, 7) is 6.49. The third-order valence-corrected chi connectivity index (χ3v) is 4.06. The Morgan fingerprint density at radius 1 is 1.05 bits per heavy atom. The van der Waals surface area contributed by atoms with Crippen LogP contribution in [0.4, 0.5) is 0 Å². The molecule has 0 radical (unpaired) electrons. The van der Waals surface area contributed by atoms with Gasteiger partial charge in [-0.3, -0.25) is 4.99 Å². The predicted molar refractivity (Wildman–Crippen MR) is 87.7 cm³/mol. The smallest absolute Gasteiger partial charge is 0.101 e. The molecule has 0 saturated heterocycles. The molecule has 1 aliphatic rings. The molecular formula is C18H28N2. The highest BCUT2D eigenvalue weighted by molar-refractivity contribution is 5.86. The van der Waals surface area contributed by atoms with Gasteiger partial charge in [-0.2, -0.15) is 0 Å². The number of hydrogen-bond donors (Lipinski definition) is 1. The minimum atomic E-state index is 0.941. The van der Waals surface area contributed by atoms with E-state index in [1.165, 1.54) is 55.5 Å². The van der Waals surface area contributed by atoms with E-state index in [0.717, 1.165) is 19.5 Å². The summed E-state index contributed by atoms with van der Waals surface area (Å²) < 4.78 is 0. The lowest BCUT2D eigenvalue weighted by Gasteiger charge is -2.15. The largest absolute Gasteiger partial charge is 0.372 e. The maximum atomic E-state index is 4.58. The molecule has 0 unspecified atom stereocenters. The van der Waals surface area contributed by atoms with Gasteiger partial charge in [0, 0.05) is 13.0 Å². The van der Waals surface area contributed by atoms with Crippen LogP contribution in [-0.4, -0.2) is 18.9 Å². The summed E-state index contributed by atoms with van der Waals surface area (Å²) >= 11 is 0. The molecule has 0 amide bonds. The number of amidine groups is 1. The maximum Gasteiger partial charge on any atom is 0.101 e. The molecule has 110 valence electrons. The van der Waals surface area contributed by atoms with E-state index < -0.39 is 0 Å². The normalized spacial score (nSPS) is 14.2. The molecular weight excluding hydrogens is 244 g/mol. The van der Waals surface area contributed by atoms with Crippen LogP contribution < -0.4 is 5.32 Å². The molecule has 1 aliphatic heterocycles. The van der Waals surface area contributed by atoms with Crippen molar-refractivity contribution in [1.82, 2.24) is 5.32 Å². The fourth-order valence-corrected chi connectivity index (χ4v) is 2.85. The van der Waals surface area contributed by atoms with E-state index in [1.54, 1.807) is 5.56 Å². The monoisotopic (exact) mass is 272 g/mol. The molecule has 2 rings (SSSR count). The Hall–Kier alpha value is -1.31. The molecule has 0 saturated carbocycles. The van der Waals surface area contributed by atoms with E-state index in [1.807, 2.05) is 0 Å². The van der Waals surface area contributed by atoms with Crippen LogP contribution in [0.15, 0.2) is 23.2 Å². The first-order valence-electron chi connectivity index (χ1n) is 8.22. The predicted octanol–water partition coefficient (Wildman–Crippen LogP) is 3.92. The Balaban J connectivity index is 2.20. The fraction of sp³-hybridized carbons (Fsp3) is 0.611. The van der Waals surface area contributed by atoms with Gasteiger partial charge in [-0.05, 0) is 42.4 Å². The zero-order valence-electron chi connectivity index (χ0n) is 13.0. The van der Waals surface area contributed by atoms with Crippen molar-refractivity contribution >= 4 is 5.84 Å². The van der Waals surface area contributed by atoms with Gasteiger partial charge in [-0.15, -0.1) is 0 Å². The number of benzene rings is 1. The highest BCUT2D eigenvalue weighted by atomic mass is 15.1. The van der Waals surface area contributed by atoms with Crippen LogP contribution in [0.3, 0.4) is 0 Å². The van der Waals surface area contributed by atoms with Gasteiger partial charge in [0.15, 0.2) is 0 Å². The molecule has 0 bridgehead atoms. The minimum Gasteiger partial charge on any atom is -0.372 e. The van der Waals surface area contributed by atoms with Gasteiger partial charge in [0.25, 0.3) is 0 Å². The lowest BCUT2D eigenvalue weighted by Crippen LogP contribution is -2.22. The Labute approximate surface area is 123 Å². The second-order valence-corrected chi connectivity index (χ2v) is 5.69. The molecule has 0 spiro atoms. The van der Waals surface area contributed by atoms with Crippen LogP contribution in [-0.2, 0) is 19.3 Å². The molecule has 1 aromatic rings. The number of nitrogens with zero attached hydrogens (tertiary/aromatic N) is 1. The molecule has 0 aliphatic carbocycles. The summed E-state index contributed by atoms with van der Waals surface area (Å²) in [5.41, 5.74) is 4.62. The second-order valence-electron chi connectivity index (χ2n) is 5.69. The molecule has 1 heterocycles. The van der Waals surface area contributed by atoms with Crippen molar-refractivity contribution in [3.8, 4) is 0 Å². The Morgan fingerprint density at radius 3 is 2.20 bits per heavy atom. The summed E-state index contributed by atoms with van der Waals surface area (Å²) in [6.07, 6.45) is 8.50. The molecule has 2 heteroatoms. The summed E-state index contributed by atoms with van der Waals surface area (Å²) in [6, 6.07) is 6.87. The first kappa shape index (κ1) is 15.1. The first-order valence-corrected chi connectivity index (χ1v) is 8.22. The summed E-state index contributed by atoms with van der Waals surface area (Å²) in [7, 11) is 0. The van der Waals surface area contributed by atoms with Crippen molar-refractivity contribution in [2.75, 3.05) is 13.1 Å². The summed E-state index contributed by atoms with van der Waals surface area (Å²) in [4.78, 5) is 4.58. The van der Waals surface area contributed by atoms with Crippen molar-refractivity contribution in [2.45, 2.75) is 58.8 Å². The third-order valence-electron chi connectivity index (χ3n) is 4.06. The van der Waals surface area contributed by atoms with Crippen molar-refractivity contribution in [3.05, 3.63) is 34.9 Å². The van der Waals surface area contributed by atoms with E-state index in [0.29, 0.717) is 0 Å². The van der Waals surface area contributed by atoms with Crippen molar-refractivity contribution in [3.63, 3.8) is 0 Å². The van der Waals surface area contributed by atoms with Gasteiger partial charge in [-0.25, -0.2) is 0 Å². The molecule has 0 fully saturated rings. The zero-order valence-corrected chi connectivity index (χ0v) is 13.0. The van der Waals surface area contributed by atoms with E-state index in [-0.39, 0.29) is 0 Å². The summed E-state index contributed by atoms with van der Waals surface area (Å²) in [5.74, 6) is 1.19. The number of hydrogen-bond acceptors (Lipinski definition) is 2. The van der Waals surface area contributed by atoms with Gasteiger partial charge in [-0.1, -0.05) is 44.9 Å². The van der Waals surface area contributed by atoms with Crippen LogP contribution in [0.25, 0.3) is 0 Å². The number of aryl methyl sites for hydroxylation is 2. The average molecular weight is 272 g/mol. The fourth-order valence-electron chi connectivity index (χ4n) is 2.85. The minimum absolute atomic E-state index is 0.941. The van der Waals surface area contributed by atoms with Crippen LogP contribution in [0, 0.1) is 0 Å². The van der Waals surface area contributed by atoms with Gasteiger partial charge in [0.2, 0.25) is 0 Å². The van der Waals surface area contributed by atoms with Crippen LogP contribution in [0.1, 0.15) is 56.2 Å². The van der Waals surface area contributed by atoms with E-state index in [2.05, 4.69) is 42.4 Å². The topological polar surface area (TPSA) is 24.4 Å². The van der Waals surface area contributed by atoms with Crippen molar-refractivity contribution in [2.24, 2.45) is 4.99 Å². The lowest BCUT2D eigenvalue weighted by molar-refractivity contribution is 0.770. The highest BCUT2D eigenvalue weighted by Gasteiger charge is 2.13. The SMILES string of the molecule is CCCCc1cccc(CCCC)c1CC1=NCCN1. The quantitative estimate of drug-likeness (QED) is 0.762. The maximum absolute atomic E-state index is 4.58. The second kappa shape index (κ2) is 8.08. The Bertz CT molecular complexity index is 422. The van der Waals surface area contributed by atoms with Crippen molar-refractivity contribution in [1.29, 1.82) is 0 Å². The molecule has 0 aromatic heterocycles. The van der Waals surface area contributed by atoms with Gasteiger partial charge < -0.3 is 5.32 Å². The zero-order chi connectivity index (χ0) is 14.2. The van der Waals surface area contributed by atoms with E-state index >= 15 is 0 Å². The highest BCUT2D eigenvalue weighted by Crippen LogP contribution is 2.20. The third kappa shape index (κ3) is 4.09. The number of nitrogens with one attached hydrogen (secondary N) is 1. The molecule has 20 heavy (non-hydrogen) atoms. The van der Waals surface area contributed by atoms with Gasteiger partial charge in [0.1, 0.15) is 5.84 Å². The first-order chi connectivity index (χ1) is 9.85. The molecule has 0 atom stereocenters. The van der Waals surface area contributed by atoms with Gasteiger partial charge >= 0.3 is 0 Å². The van der Waals surface area contributed by atoms with Crippen LogP contribution >= 0.6 is 0 Å². The number of unbranched alkanes of at least 4 members (excludes halogenated alkanes) is 2. The summed E-state index contributed by atoms with van der Waals surface area (Å²) in [5, 5.41) is 3.42. The van der Waals surface area contributed by atoms with Crippen molar-refractivity contribution < 1.29 is 0 Å². The van der Waals surface area contributed by atoms with Gasteiger partial charge in [0.05, 0.1) is 6.54 Å². The lowest BCUT2D eigenvalue weighted by atomic mass is 9.92. The molecule has 1 N–H and O–H groups in total. The Kier molecular flexibility index (Phi) is 6.10. The number of aliphatic imine (C=N–C) groups is 1. The van der Waals surface area contributed by atoms with Crippen LogP contribution in [0.5, 0.6) is 0 Å². The van der Waals surface area contributed by atoms with Crippen LogP contribution in [0.2, 0.25) is 0 Å². The standard InChI is InChI=1S/C18H28N2/c1-3-5-8-15-10-7-11-16(9-6-4-2)17(15)14-18-19-12-13-20-18/h7,10-11H,3-6,8-9,12-14H2,1-2H3,(H,19,20).